The standard InChI is InChI=1S/C17H17F2NO2S/c18-13-4-3-10(8-14(13)19)11-9-12(11)17(22)20-15(5-6-21)16-2-1-7-23-16/h1-4,7-8,11-12,15,21H,5-6,9H2,(H,20,22)/t11-,12-,15+/m0/s1. The second-order valence-electron chi connectivity index (χ2n) is 5.71. The summed E-state index contributed by atoms with van der Waals surface area (Å²) in [6.07, 6.45) is 1.09. The summed E-state index contributed by atoms with van der Waals surface area (Å²) in [5.41, 5.74) is 0.652. The number of hydrogen-bond donors (Lipinski definition) is 2. The van der Waals surface area contributed by atoms with Crippen molar-refractivity contribution < 1.29 is 18.7 Å². The van der Waals surface area contributed by atoms with E-state index in [-0.39, 0.29) is 30.4 Å². The lowest BCUT2D eigenvalue weighted by molar-refractivity contribution is -0.123. The first kappa shape index (κ1) is 16.1. The molecule has 0 radical (unpaired) electrons. The van der Waals surface area contributed by atoms with Crippen molar-refractivity contribution in [1.82, 2.24) is 5.32 Å². The van der Waals surface area contributed by atoms with E-state index in [0.717, 1.165) is 17.0 Å². The molecule has 3 nitrogen and oxygen atoms in total. The highest BCUT2D eigenvalue weighted by Gasteiger charge is 2.44. The van der Waals surface area contributed by atoms with Gasteiger partial charge in [-0.15, -0.1) is 11.3 Å². The third-order valence-electron chi connectivity index (χ3n) is 4.12. The quantitative estimate of drug-likeness (QED) is 0.849. The molecule has 0 bridgehead atoms. The molecule has 1 amide bonds. The van der Waals surface area contributed by atoms with Crippen LogP contribution in [0.1, 0.15) is 35.2 Å². The van der Waals surface area contributed by atoms with E-state index in [1.165, 1.54) is 17.4 Å². The average Bonchev–Trinajstić information content (AvgIpc) is 3.15. The fourth-order valence-electron chi connectivity index (χ4n) is 2.78. The van der Waals surface area contributed by atoms with Gasteiger partial charge in [-0.2, -0.15) is 0 Å². The van der Waals surface area contributed by atoms with Gasteiger partial charge in [0, 0.05) is 17.4 Å². The van der Waals surface area contributed by atoms with Crippen molar-refractivity contribution in [3.05, 3.63) is 57.8 Å². The second kappa shape index (κ2) is 6.76. The Morgan fingerprint density at radius 2 is 2.17 bits per heavy atom. The minimum absolute atomic E-state index is 0.0138. The first-order valence-corrected chi connectivity index (χ1v) is 8.37. The molecule has 3 atom stereocenters. The van der Waals surface area contributed by atoms with Gasteiger partial charge in [-0.25, -0.2) is 8.78 Å². The Hall–Kier alpha value is -1.79. The van der Waals surface area contributed by atoms with Crippen LogP contribution in [-0.4, -0.2) is 17.6 Å². The summed E-state index contributed by atoms with van der Waals surface area (Å²) in [5.74, 6) is -2.16. The van der Waals surface area contributed by atoms with Gasteiger partial charge in [-0.05, 0) is 47.9 Å². The van der Waals surface area contributed by atoms with Gasteiger partial charge < -0.3 is 10.4 Å². The molecule has 23 heavy (non-hydrogen) atoms. The summed E-state index contributed by atoms with van der Waals surface area (Å²) in [7, 11) is 0. The number of halogens is 2. The van der Waals surface area contributed by atoms with Crippen LogP contribution in [0.2, 0.25) is 0 Å². The predicted molar refractivity (Wildman–Crippen MR) is 84.1 cm³/mol. The number of aliphatic hydroxyl groups excluding tert-OH is 1. The molecule has 0 saturated heterocycles. The summed E-state index contributed by atoms with van der Waals surface area (Å²) >= 11 is 1.53. The maximum absolute atomic E-state index is 13.3. The molecule has 1 aliphatic carbocycles. The number of amides is 1. The first-order valence-electron chi connectivity index (χ1n) is 7.49. The molecule has 0 aliphatic heterocycles. The zero-order valence-corrected chi connectivity index (χ0v) is 13.2. The summed E-state index contributed by atoms with van der Waals surface area (Å²) in [6, 6.07) is 7.40. The van der Waals surface area contributed by atoms with E-state index < -0.39 is 11.6 Å². The van der Waals surface area contributed by atoms with Crippen molar-refractivity contribution in [2.24, 2.45) is 5.92 Å². The summed E-state index contributed by atoms with van der Waals surface area (Å²) < 4.78 is 26.3. The Kier molecular flexibility index (Phi) is 4.73. The van der Waals surface area contributed by atoms with Crippen LogP contribution in [0.25, 0.3) is 0 Å². The summed E-state index contributed by atoms with van der Waals surface area (Å²) in [6.45, 7) is -0.0138. The van der Waals surface area contributed by atoms with Crippen LogP contribution in [0.4, 0.5) is 8.78 Å². The molecule has 0 unspecified atom stereocenters. The highest BCUT2D eigenvalue weighted by Crippen LogP contribution is 2.48. The molecule has 6 heteroatoms. The molecular formula is C17H17F2NO2S. The fourth-order valence-corrected chi connectivity index (χ4v) is 3.59. The summed E-state index contributed by atoms with van der Waals surface area (Å²) in [5, 5.41) is 14.0. The van der Waals surface area contributed by atoms with Gasteiger partial charge in [0.05, 0.1) is 6.04 Å². The number of carbonyl (C=O) groups excluding carboxylic acids is 1. The van der Waals surface area contributed by atoms with E-state index in [2.05, 4.69) is 5.32 Å². The normalized spacial score (nSPS) is 21.0. The molecule has 1 aromatic heterocycles. The number of benzene rings is 1. The Labute approximate surface area is 137 Å². The van der Waals surface area contributed by atoms with Crippen LogP contribution in [0.3, 0.4) is 0 Å². The average molecular weight is 337 g/mol. The maximum atomic E-state index is 13.3. The first-order chi connectivity index (χ1) is 11.1. The zero-order valence-electron chi connectivity index (χ0n) is 12.3. The number of aliphatic hydroxyl groups is 1. The monoisotopic (exact) mass is 337 g/mol. The number of nitrogens with one attached hydrogen (secondary N) is 1. The van der Waals surface area contributed by atoms with Crippen LogP contribution in [0, 0.1) is 17.6 Å². The van der Waals surface area contributed by atoms with E-state index in [4.69, 9.17) is 5.11 Å². The molecule has 1 saturated carbocycles. The van der Waals surface area contributed by atoms with Gasteiger partial charge in [0.15, 0.2) is 11.6 Å². The lowest BCUT2D eigenvalue weighted by Gasteiger charge is -2.16. The summed E-state index contributed by atoms with van der Waals surface area (Å²) in [4.78, 5) is 13.4. The van der Waals surface area contributed by atoms with Crippen molar-refractivity contribution in [2.75, 3.05) is 6.61 Å². The van der Waals surface area contributed by atoms with E-state index in [1.807, 2.05) is 17.5 Å². The number of carbonyl (C=O) groups is 1. The minimum Gasteiger partial charge on any atom is -0.396 e. The Morgan fingerprint density at radius 3 is 2.83 bits per heavy atom. The lowest BCUT2D eigenvalue weighted by atomic mass is 10.1. The Balaban J connectivity index is 1.64. The van der Waals surface area contributed by atoms with Gasteiger partial charge in [0.25, 0.3) is 0 Å². The minimum atomic E-state index is -0.884. The van der Waals surface area contributed by atoms with Gasteiger partial charge in [0.2, 0.25) is 5.91 Å². The molecule has 1 fully saturated rings. The molecule has 2 aromatic rings. The van der Waals surface area contributed by atoms with Crippen molar-refractivity contribution >= 4 is 17.2 Å². The van der Waals surface area contributed by atoms with Gasteiger partial charge in [0.1, 0.15) is 0 Å². The topological polar surface area (TPSA) is 49.3 Å². The molecule has 3 rings (SSSR count). The van der Waals surface area contributed by atoms with E-state index in [9.17, 15) is 13.6 Å². The van der Waals surface area contributed by atoms with Crippen LogP contribution < -0.4 is 5.32 Å². The van der Waals surface area contributed by atoms with E-state index >= 15 is 0 Å². The number of hydrogen-bond acceptors (Lipinski definition) is 3. The van der Waals surface area contributed by atoms with Crippen molar-refractivity contribution in [3.63, 3.8) is 0 Å². The highest BCUT2D eigenvalue weighted by atomic mass is 32.1. The largest absolute Gasteiger partial charge is 0.396 e. The van der Waals surface area contributed by atoms with Gasteiger partial charge >= 0.3 is 0 Å². The molecule has 1 aliphatic rings. The van der Waals surface area contributed by atoms with Crippen LogP contribution in [0.15, 0.2) is 35.7 Å². The molecule has 1 aromatic carbocycles. The highest BCUT2D eigenvalue weighted by molar-refractivity contribution is 7.10. The SMILES string of the molecule is O=C(N[C@H](CCO)c1cccs1)[C@H]1C[C@H]1c1ccc(F)c(F)c1. The molecule has 1 heterocycles. The maximum Gasteiger partial charge on any atom is 0.224 e. The third-order valence-corrected chi connectivity index (χ3v) is 5.11. The predicted octanol–water partition coefficient (Wildman–Crippen LogP) is 3.37. The van der Waals surface area contributed by atoms with E-state index in [0.29, 0.717) is 18.4 Å². The third kappa shape index (κ3) is 3.59. The molecule has 2 N–H and O–H groups in total. The van der Waals surface area contributed by atoms with Gasteiger partial charge in [-0.3, -0.25) is 4.79 Å². The number of rotatable bonds is 6. The lowest BCUT2D eigenvalue weighted by Crippen LogP contribution is -2.30. The molecular weight excluding hydrogens is 320 g/mol. The molecule has 0 spiro atoms. The van der Waals surface area contributed by atoms with Crippen LogP contribution in [0.5, 0.6) is 0 Å². The smallest absolute Gasteiger partial charge is 0.224 e. The Morgan fingerprint density at radius 1 is 1.35 bits per heavy atom. The van der Waals surface area contributed by atoms with Crippen LogP contribution >= 0.6 is 11.3 Å². The van der Waals surface area contributed by atoms with Crippen molar-refractivity contribution in [3.8, 4) is 0 Å². The fraction of sp³-hybridized carbons (Fsp3) is 0.353. The zero-order chi connectivity index (χ0) is 16.4. The van der Waals surface area contributed by atoms with Gasteiger partial charge in [-0.1, -0.05) is 12.1 Å². The van der Waals surface area contributed by atoms with Crippen molar-refractivity contribution in [2.45, 2.75) is 24.8 Å². The van der Waals surface area contributed by atoms with Crippen LogP contribution in [-0.2, 0) is 4.79 Å². The van der Waals surface area contributed by atoms with Crippen molar-refractivity contribution in [1.29, 1.82) is 0 Å². The second-order valence-corrected chi connectivity index (χ2v) is 6.69. The van der Waals surface area contributed by atoms with E-state index in [1.54, 1.807) is 0 Å². The number of thiophene rings is 1. The molecule has 122 valence electrons. The Bertz CT molecular complexity index is 690.